The van der Waals surface area contributed by atoms with Crippen LogP contribution in [0.2, 0.25) is 0 Å². The second-order valence-corrected chi connectivity index (χ2v) is 6.83. The lowest BCUT2D eigenvalue weighted by atomic mass is 10.1. The molecule has 0 aliphatic rings. The average Bonchev–Trinajstić information content (AvgIpc) is 2.98. The summed E-state index contributed by atoms with van der Waals surface area (Å²) in [5.41, 5.74) is 1.31. The third-order valence-electron chi connectivity index (χ3n) is 3.85. The van der Waals surface area contributed by atoms with E-state index in [-0.39, 0.29) is 6.10 Å². The number of aliphatic hydroxyl groups is 1. The van der Waals surface area contributed by atoms with Crippen molar-refractivity contribution in [2.75, 3.05) is 13.6 Å². The highest BCUT2D eigenvalue weighted by Gasteiger charge is 2.12. The summed E-state index contributed by atoms with van der Waals surface area (Å²) < 4.78 is 1.24. The Balaban J connectivity index is 1.56. The number of rotatable bonds is 6. The Morgan fingerprint density at radius 3 is 2.55 bits per heavy atom. The van der Waals surface area contributed by atoms with Gasteiger partial charge < -0.3 is 10.0 Å². The first-order valence-corrected chi connectivity index (χ1v) is 8.43. The largest absolute Gasteiger partial charge is 0.388 e. The maximum Gasteiger partial charge on any atom is 0.0894 e. The molecule has 1 N–H and O–H groups in total. The second kappa shape index (κ2) is 7.05. The van der Waals surface area contributed by atoms with Gasteiger partial charge in [0.1, 0.15) is 0 Å². The average molecular weight is 311 g/mol. The molecule has 0 aliphatic carbocycles. The van der Waals surface area contributed by atoms with Crippen molar-refractivity contribution in [3.05, 3.63) is 71.1 Å². The molecule has 1 heterocycles. The van der Waals surface area contributed by atoms with Gasteiger partial charge in [0.2, 0.25) is 0 Å². The van der Waals surface area contributed by atoms with Crippen LogP contribution < -0.4 is 0 Å². The van der Waals surface area contributed by atoms with Crippen molar-refractivity contribution in [3.8, 4) is 0 Å². The summed E-state index contributed by atoms with van der Waals surface area (Å²) in [6.07, 6.45) is 0.381. The second-order valence-electron chi connectivity index (χ2n) is 5.71. The Morgan fingerprint density at radius 1 is 1.05 bits per heavy atom. The van der Waals surface area contributed by atoms with Crippen molar-refractivity contribution in [2.24, 2.45) is 0 Å². The molecule has 0 bridgehead atoms. The molecule has 0 fully saturated rings. The van der Waals surface area contributed by atoms with Gasteiger partial charge in [-0.25, -0.2) is 0 Å². The molecule has 0 spiro atoms. The lowest BCUT2D eigenvalue weighted by Crippen LogP contribution is -2.20. The van der Waals surface area contributed by atoms with Crippen LogP contribution in [-0.4, -0.2) is 23.6 Å². The quantitative estimate of drug-likeness (QED) is 0.726. The van der Waals surface area contributed by atoms with E-state index >= 15 is 0 Å². The number of thiophene rings is 1. The Labute approximate surface area is 135 Å². The van der Waals surface area contributed by atoms with Crippen molar-refractivity contribution < 1.29 is 5.11 Å². The smallest absolute Gasteiger partial charge is 0.0894 e. The van der Waals surface area contributed by atoms with Gasteiger partial charge in [0.25, 0.3) is 0 Å². The molecule has 3 rings (SSSR count). The standard InChI is InChI=1S/C19H21NOS/c1-20(14-15-7-3-2-4-8-15)12-11-17(21)19-13-16-9-5-6-10-18(16)22-19/h2-10,13,17,21H,11-12,14H2,1H3. The Morgan fingerprint density at radius 2 is 1.77 bits per heavy atom. The van der Waals surface area contributed by atoms with Crippen molar-refractivity contribution >= 4 is 21.4 Å². The number of nitrogens with zero attached hydrogens (tertiary/aromatic N) is 1. The first-order valence-electron chi connectivity index (χ1n) is 7.61. The van der Waals surface area contributed by atoms with Crippen molar-refractivity contribution in [1.29, 1.82) is 0 Å². The zero-order valence-electron chi connectivity index (χ0n) is 12.8. The highest BCUT2D eigenvalue weighted by molar-refractivity contribution is 7.19. The number of hydrogen-bond donors (Lipinski definition) is 1. The summed E-state index contributed by atoms with van der Waals surface area (Å²) in [6, 6.07) is 20.8. The van der Waals surface area contributed by atoms with Crippen LogP contribution in [0.25, 0.3) is 10.1 Å². The number of benzene rings is 2. The third kappa shape index (κ3) is 3.74. The zero-order chi connectivity index (χ0) is 15.4. The van der Waals surface area contributed by atoms with Gasteiger partial charge in [-0.05, 0) is 36.6 Å². The van der Waals surface area contributed by atoms with Gasteiger partial charge >= 0.3 is 0 Å². The maximum atomic E-state index is 10.4. The van der Waals surface area contributed by atoms with Crippen LogP contribution in [0.15, 0.2) is 60.7 Å². The van der Waals surface area contributed by atoms with Crippen LogP contribution in [0.5, 0.6) is 0 Å². The van der Waals surface area contributed by atoms with Crippen molar-refractivity contribution in [1.82, 2.24) is 4.90 Å². The minimum atomic E-state index is -0.379. The third-order valence-corrected chi connectivity index (χ3v) is 5.07. The van der Waals surface area contributed by atoms with E-state index < -0.39 is 0 Å². The van der Waals surface area contributed by atoms with E-state index in [0.29, 0.717) is 0 Å². The first kappa shape index (κ1) is 15.2. The van der Waals surface area contributed by atoms with Crippen molar-refractivity contribution in [3.63, 3.8) is 0 Å². The maximum absolute atomic E-state index is 10.4. The molecule has 1 aromatic heterocycles. The van der Waals surface area contributed by atoms with E-state index in [0.717, 1.165) is 24.4 Å². The summed E-state index contributed by atoms with van der Waals surface area (Å²) >= 11 is 1.69. The number of fused-ring (bicyclic) bond motifs is 1. The normalized spacial score (nSPS) is 12.9. The Kier molecular flexibility index (Phi) is 4.88. The zero-order valence-corrected chi connectivity index (χ0v) is 13.6. The molecule has 2 nitrogen and oxygen atoms in total. The van der Waals surface area contributed by atoms with E-state index in [9.17, 15) is 5.11 Å². The number of hydrogen-bond acceptors (Lipinski definition) is 3. The molecule has 0 saturated heterocycles. The van der Waals surface area contributed by atoms with Gasteiger partial charge in [0.15, 0.2) is 0 Å². The van der Waals surface area contributed by atoms with E-state index in [1.807, 2.05) is 18.2 Å². The lowest BCUT2D eigenvalue weighted by Gasteiger charge is -2.18. The molecular weight excluding hydrogens is 290 g/mol. The predicted molar refractivity (Wildman–Crippen MR) is 94.2 cm³/mol. The molecule has 2 aromatic carbocycles. The fraction of sp³-hybridized carbons (Fsp3) is 0.263. The predicted octanol–water partition coefficient (Wildman–Crippen LogP) is 4.46. The minimum Gasteiger partial charge on any atom is -0.388 e. The molecule has 3 heteroatoms. The topological polar surface area (TPSA) is 23.5 Å². The summed E-state index contributed by atoms with van der Waals surface area (Å²) in [5, 5.41) is 11.6. The van der Waals surface area contributed by atoms with Crippen molar-refractivity contribution in [2.45, 2.75) is 19.1 Å². The molecule has 0 amide bonds. The van der Waals surface area contributed by atoms with Crippen LogP contribution in [0.4, 0.5) is 0 Å². The fourth-order valence-corrected chi connectivity index (χ4v) is 3.71. The van der Waals surface area contributed by atoms with E-state index in [1.54, 1.807) is 11.3 Å². The summed E-state index contributed by atoms with van der Waals surface area (Å²) in [5.74, 6) is 0. The highest BCUT2D eigenvalue weighted by atomic mass is 32.1. The summed E-state index contributed by atoms with van der Waals surface area (Å²) in [7, 11) is 2.10. The van der Waals surface area contributed by atoms with Gasteiger partial charge in [0.05, 0.1) is 6.10 Å². The minimum absolute atomic E-state index is 0.379. The Bertz CT molecular complexity index is 689. The molecule has 22 heavy (non-hydrogen) atoms. The number of aliphatic hydroxyl groups excluding tert-OH is 1. The van der Waals surface area contributed by atoms with Gasteiger partial charge in [-0.15, -0.1) is 11.3 Å². The molecule has 1 unspecified atom stereocenters. The first-order chi connectivity index (χ1) is 10.7. The molecule has 3 aromatic rings. The highest BCUT2D eigenvalue weighted by Crippen LogP contribution is 2.31. The molecule has 114 valence electrons. The van der Waals surface area contributed by atoms with Gasteiger partial charge in [-0.3, -0.25) is 0 Å². The monoisotopic (exact) mass is 311 g/mol. The lowest BCUT2D eigenvalue weighted by molar-refractivity contribution is 0.151. The van der Waals surface area contributed by atoms with E-state index in [4.69, 9.17) is 0 Å². The Hall–Kier alpha value is -1.68. The summed E-state index contributed by atoms with van der Waals surface area (Å²) in [4.78, 5) is 3.32. The van der Waals surface area contributed by atoms with Crippen LogP contribution in [-0.2, 0) is 6.54 Å². The van der Waals surface area contributed by atoms with Crippen LogP contribution in [0, 0.1) is 0 Å². The van der Waals surface area contributed by atoms with Crippen LogP contribution in [0.3, 0.4) is 0 Å². The van der Waals surface area contributed by atoms with E-state index in [1.165, 1.54) is 15.6 Å². The molecule has 0 saturated carbocycles. The SMILES string of the molecule is CN(CCC(O)c1cc2ccccc2s1)Cc1ccccc1. The van der Waals surface area contributed by atoms with Gasteiger partial charge in [0, 0.05) is 22.7 Å². The van der Waals surface area contributed by atoms with Crippen LogP contribution in [0.1, 0.15) is 23.0 Å². The molecule has 0 radical (unpaired) electrons. The van der Waals surface area contributed by atoms with Gasteiger partial charge in [-0.1, -0.05) is 48.5 Å². The molecule has 1 atom stereocenters. The van der Waals surface area contributed by atoms with Gasteiger partial charge in [-0.2, -0.15) is 0 Å². The fourth-order valence-electron chi connectivity index (χ4n) is 2.63. The summed E-state index contributed by atoms with van der Waals surface area (Å²) in [6.45, 7) is 1.80. The molecule has 0 aliphatic heterocycles. The molecular formula is C19H21NOS. The van der Waals surface area contributed by atoms with E-state index in [2.05, 4.69) is 54.4 Å². The van der Waals surface area contributed by atoms with Crippen LogP contribution >= 0.6 is 11.3 Å².